The third kappa shape index (κ3) is 13.2. The van der Waals surface area contributed by atoms with Gasteiger partial charge < -0.3 is 39.2 Å². The summed E-state index contributed by atoms with van der Waals surface area (Å²) in [7, 11) is 4.12. The highest BCUT2D eigenvalue weighted by molar-refractivity contribution is 6.39. The van der Waals surface area contributed by atoms with Crippen LogP contribution in [0, 0.1) is 41.4 Å². The molecule has 1 saturated carbocycles. The van der Waals surface area contributed by atoms with Crippen LogP contribution >= 0.6 is 0 Å². The summed E-state index contributed by atoms with van der Waals surface area (Å²) in [5, 5.41) is 30.3. The highest BCUT2D eigenvalue weighted by Gasteiger charge is 2.56. The number of carbonyl (C=O) groups is 5. The Morgan fingerprint density at radius 1 is 0.873 bits per heavy atom. The molecule has 3 N–H and O–H groups in total. The molecule has 0 aromatic heterocycles. The predicted molar refractivity (Wildman–Crippen MR) is 239 cm³/mol. The van der Waals surface area contributed by atoms with Crippen LogP contribution in [0.3, 0.4) is 0 Å². The van der Waals surface area contributed by atoms with E-state index >= 15 is 0 Å². The number of aliphatic hydroxyl groups is 3. The van der Waals surface area contributed by atoms with Crippen LogP contribution < -0.4 is 0 Å². The van der Waals surface area contributed by atoms with Crippen LogP contribution in [-0.4, -0.2) is 120 Å². The number of Topliss-reactive ketones (excluding diaryl/α,β-unsaturated/α-hetero) is 3. The normalized spacial score (nSPS) is 41.0. The van der Waals surface area contributed by atoms with E-state index in [0.717, 1.165) is 38.4 Å². The van der Waals surface area contributed by atoms with E-state index in [1.54, 1.807) is 34.0 Å². The van der Waals surface area contributed by atoms with Crippen LogP contribution in [-0.2, 0) is 42.9 Å². The maximum atomic E-state index is 14.3. The zero-order valence-electron chi connectivity index (χ0n) is 39.3. The van der Waals surface area contributed by atoms with Crippen molar-refractivity contribution in [3.63, 3.8) is 0 Å². The van der Waals surface area contributed by atoms with Gasteiger partial charge in [-0.2, -0.15) is 0 Å². The quantitative estimate of drug-likeness (QED) is 0.160. The number of hydrogen-bond acceptors (Lipinski definition) is 12. The Balaban J connectivity index is 0.00000429. The maximum Gasteiger partial charge on any atom is 0.329 e. The number of amides is 1. The number of nitrogens with zero attached hydrogens (tertiary/aromatic N) is 1. The number of carbonyl (C=O) groups excluding carboxylic acids is 5. The maximum absolute atomic E-state index is 14.3. The number of rotatable bonds is 4. The van der Waals surface area contributed by atoms with Gasteiger partial charge in [0.05, 0.1) is 12.2 Å². The monoisotopic (exact) mass is 884 g/mol. The van der Waals surface area contributed by atoms with Crippen molar-refractivity contribution in [2.24, 2.45) is 41.4 Å². The van der Waals surface area contributed by atoms with Crippen LogP contribution in [0.4, 0.5) is 0 Å². The van der Waals surface area contributed by atoms with Gasteiger partial charge in [0.2, 0.25) is 5.79 Å². The highest BCUT2D eigenvalue weighted by atomic mass is 16.6. The van der Waals surface area contributed by atoms with Crippen molar-refractivity contribution in [1.82, 2.24) is 4.90 Å². The van der Waals surface area contributed by atoms with Gasteiger partial charge >= 0.3 is 5.97 Å². The van der Waals surface area contributed by atoms with Crippen LogP contribution in [0.25, 0.3) is 0 Å². The second-order valence-corrected chi connectivity index (χ2v) is 19.1. The highest BCUT2D eigenvalue weighted by Crippen LogP contribution is 2.45. The fourth-order valence-electron chi connectivity index (χ4n) is 10.6. The summed E-state index contributed by atoms with van der Waals surface area (Å²) >= 11 is 0. The lowest BCUT2D eigenvalue weighted by atomic mass is 9.68. The molecule has 13 heteroatoms. The molecule has 0 radical (unpaired) electrons. The molecule has 0 aromatic rings. The zero-order valence-corrected chi connectivity index (χ0v) is 39.3. The van der Waals surface area contributed by atoms with E-state index in [4.69, 9.17) is 24.1 Å². The van der Waals surface area contributed by atoms with Crippen LogP contribution in [0.15, 0.2) is 47.6 Å². The molecular formula is C50H77NO12. The van der Waals surface area contributed by atoms with Gasteiger partial charge in [-0.25, -0.2) is 4.79 Å². The van der Waals surface area contributed by atoms with Crippen molar-refractivity contribution in [2.45, 2.75) is 167 Å². The fraction of sp³-hybridized carbons (Fsp3) is 0.740. The van der Waals surface area contributed by atoms with Gasteiger partial charge in [-0.05, 0) is 101 Å². The van der Waals surface area contributed by atoms with E-state index in [1.807, 2.05) is 51.2 Å². The first-order valence-electron chi connectivity index (χ1n) is 23.4. The van der Waals surface area contributed by atoms with Crippen molar-refractivity contribution in [1.29, 1.82) is 0 Å². The fourth-order valence-corrected chi connectivity index (χ4v) is 10.6. The standard InChI is InChI=1S/C49H73NO11.CH4O/c1-29-14-10-9-11-15-30(2)24-32(4)43(52)45(59-8)44(53)33(5)25-31(3)40(51)28-41-39(27-35-16-12-17-37(26-35)58-7)38-18-13-23-50(42(38)48(56)60-41)47(55)46(54)49(57)34(6)20-22-36(61-49)21-19-29;1-2/h9-11,14-15,25,30-32,34-39,41-42,44-45,53,57H,12-13,16-24,26-28H2,1-8H3;2H,1H3/b10-9+,15-11+,29-14+,33-25+;/t30-,31-,32?,34?,35?,36-,37?,38?,39+,41+,42?,44?,45+,49?;/m1./s1. The van der Waals surface area contributed by atoms with Crippen molar-refractivity contribution < 1.29 is 58.2 Å². The second-order valence-electron chi connectivity index (χ2n) is 19.1. The molecule has 5 aliphatic rings. The lowest BCUT2D eigenvalue weighted by Gasteiger charge is -2.50. The number of fused-ring (bicyclic) bond motifs is 4. The van der Waals surface area contributed by atoms with E-state index in [0.29, 0.717) is 56.9 Å². The Kier molecular flexibility index (Phi) is 20.1. The Morgan fingerprint density at radius 3 is 2.30 bits per heavy atom. The van der Waals surface area contributed by atoms with Gasteiger partial charge in [-0.15, -0.1) is 0 Å². The number of methoxy groups -OCH3 is 2. The Labute approximate surface area is 375 Å². The Morgan fingerprint density at radius 2 is 1.60 bits per heavy atom. The smallest absolute Gasteiger partial charge is 0.329 e. The number of hydrogen-bond donors (Lipinski definition) is 3. The molecule has 4 aliphatic heterocycles. The summed E-state index contributed by atoms with van der Waals surface area (Å²) in [5.41, 5.74) is 1.51. The van der Waals surface area contributed by atoms with E-state index < -0.39 is 71.7 Å². The van der Waals surface area contributed by atoms with Gasteiger partial charge in [-0.1, -0.05) is 82.6 Å². The summed E-state index contributed by atoms with van der Waals surface area (Å²) in [6.07, 6.45) is 16.3. The van der Waals surface area contributed by atoms with Crippen molar-refractivity contribution in [3.8, 4) is 0 Å². The number of aliphatic hydroxyl groups excluding tert-OH is 2. The number of piperidine rings is 1. The summed E-state index contributed by atoms with van der Waals surface area (Å²) in [6.45, 7) is 11.1. The van der Waals surface area contributed by atoms with E-state index in [-0.39, 0.29) is 54.3 Å². The first kappa shape index (κ1) is 52.3. The first-order valence-corrected chi connectivity index (χ1v) is 23.4. The van der Waals surface area contributed by atoms with Gasteiger partial charge in [0.25, 0.3) is 11.7 Å². The van der Waals surface area contributed by atoms with Crippen LogP contribution in [0.5, 0.6) is 0 Å². The molecule has 0 aromatic carbocycles. The minimum absolute atomic E-state index is 0.0663. The third-order valence-electron chi connectivity index (χ3n) is 14.4. The average molecular weight is 884 g/mol. The van der Waals surface area contributed by atoms with Crippen molar-refractivity contribution in [3.05, 3.63) is 47.6 Å². The Hall–Kier alpha value is -3.33. The first-order chi connectivity index (χ1) is 30.0. The molecule has 354 valence electrons. The number of ketones is 3. The minimum Gasteiger partial charge on any atom is -0.460 e. The largest absolute Gasteiger partial charge is 0.460 e. The van der Waals surface area contributed by atoms with Gasteiger partial charge in [0.1, 0.15) is 30.1 Å². The summed E-state index contributed by atoms with van der Waals surface area (Å²) in [4.78, 5) is 71.7. The predicted octanol–water partition coefficient (Wildman–Crippen LogP) is 6.41. The molecule has 3 saturated heterocycles. The lowest BCUT2D eigenvalue weighted by molar-refractivity contribution is -0.263. The van der Waals surface area contributed by atoms with Crippen molar-refractivity contribution in [2.75, 3.05) is 27.9 Å². The summed E-state index contributed by atoms with van der Waals surface area (Å²) < 4.78 is 23.7. The molecule has 5 rings (SSSR count). The van der Waals surface area contributed by atoms with Gasteiger partial charge in [0, 0.05) is 58.0 Å². The minimum atomic E-state index is -2.33. The molecule has 13 nitrogen and oxygen atoms in total. The molecule has 63 heavy (non-hydrogen) atoms. The van der Waals surface area contributed by atoms with E-state index in [9.17, 15) is 34.2 Å². The van der Waals surface area contributed by atoms with Crippen LogP contribution in [0.1, 0.15) is 125 Å². The molecule has 1 aliphatic carbocycles. The molecule has 8 unspecified atom stereocenters. The third-order valence-corrected chi connectivity index (χ3v) is 14.4. The number of allylic oxidation sites excluding steroid dienone is 7. The van der Waals surface area contributed by atoms with E-state index in [1.165, 1.54) is 12.0 Å². The molecule has 1 amide bonds. The summed E-state index contributed by atoms with van der Waals surface area (Å²) in [5.74, 6) is -7.48. The lowest BCUT2D eigenvalue weighted by Crippen LogP contribution is -2.65. The zero-order chi connectivity index (χ0) is 46.6. The topological polar surface area (TPSA) is 186 Å². The molecule has 0 spiro atoms. The van der Waals surface area contributed by atoms with Gasteiger partial charge in [0.15, 0.2) is 5.78 Å². The average Bonchev–Trinajstić information content (AvgIpc) is 3.27. The number of ether oxygens (including phenoxy) is 4. The van der Waals surface area contributed by atoms with Crippen molar-refractivity contribution >= 4 is 29.2 Å². The van der Waals surface area contributed by atoms with Gasteiger partial charge in [-0.3, -0.25) is 19.2 Å². The molecular weight excluding hydrogens is 807 g/mol. The second kappa shape index (κ2) is 24.3. The molecule has 4 heterocycles. The molecule has 4 fully saturated rings. The summed E-state index contributed by atoms with van der Waals surface area (Å²) in [6, 6.07) is -1.04. The number of esters is 1. The Bertz CT molecular complexity index is 1700. The van der Waals surface area contributed by atoms with E-state index in [2.05, 4.69) is 0 Å². The SMILES string of the molecule is CO.COC1CCCC(C[C@H]2C3CCCN4C(=O)C(=O)C5(O)O[C@H](CC/C(C)=C/C=C/C=C/[C@@H](C)CC(C)C(=O)[C@H](OC)C(O)/C(C)=C/[C@@H](C)C(=O)C[C@@H]2OC(=O)C34)CCC5C)C1. The molecule has 14 atom stereocenters. The van der Waals surface area contributed by atoms with Crippen LogP contribution in [0.2, 0.25) is 0 Å². The molecule has 4 bridgehead atoms.